The van der Waals surface area contributed by atoms with Gasteiger partial charge in [0.15, 0.2) is 0 Å². The van der Waals surface area contributed by atoms with Crippen LogP contribution in [-0.4, -0.2) is 27.4 Å². The monoisotopic (exact) mass is 253 g/mol. The van der Waals surface area contributed by atoms with Crippen LogP contribution in [0, 0.1) is 0 Å². The number of carbonyl (C=O) groups excluding carboxylic acids is 1. The first-order valence-corrected chi connectivity index (χ1v) is 6.30. The van der Waals surface area contributed by atoms with Gasteiger partial charge in [0.1, 0.15) is 0 Å². The van der Waals surface area contributed by atoms with E-state index in [4.69, 9.17) is 5.73 Å². The van der Waals surface area contributed by atoms with E-state index in [9.17, 15) is 4.79 Å². The molecule has 0 aromatic carbocycles. The highest BCUT2D eigenvalue weighted by atomic mass is 16.1. The van der Waals surface area contributed by atoms with E-state index >= 15 is 0 Å². The van der Waals surface area contributed by atoms with E-state index in [1.165, 1.54) is 0 Å². The zero-order chi connectivity index (χ0) is 13.6. The number of hydrogen-bond acceptors (Lipinski definition) is 4. The molecule has 0 unspecified atom stereocenters. The molecule has 0 radical (unpaired) electrons. The van der Waals surface area contributed by atoms with Gasteiger partial charge in [-0.15, -0.1) is 5.10 Å². The lowest BCUT2D eigenvalue weighted by Gasteiger charge is -2.17. The van der Waals surface area contributed by atoms with Crippen molar-refractivity contribution in [1.82, 2.24) is 20.3 Å². The van der Waals surface area contributed by atoms with E-state index in [1.54, 1.807) is 0 Å². The van der Waals surface area contributed by atoms with Crippen molar-refractivity contribution in [1.29, 1.82) is 0 Å². The van der Waals surface area contributed by atoms with Gasteiger partial charge in [0, 0.05) is 13.0 Å². The van der Waals surface area contributed by atoms with E-state index in [2.05, 4.69) is 36.4 Å². The number of rotatable bonds is 7. The van der Waals surface area contributed by atoms with E-state index in [0.29, 0.717) is 13.0 Å². The summed E-state index contributed by atoms with van der Waals surface area (Å²) in [5.41, 5.74) is 5.96. The molecule has 102 valence electrons. The molecule has 0 aliphatic heterocycles. The average molecular weight is 253 g/mol. The van der Waals surface area contributed by atoms with Crippen molar-refractivity contribution in [2.75, 3.05) is 6.54 Å². The molecule has 0 bridgehead atoms. The highest BCUT2D eigenvalue weighted by Gasteiger charge is 2.14. The summed E-state index contributed by atoms with van der Waals surface area (Å²) in [5, 5.41) is 11.5. The van der Waals surface area contributed by atoms with Gasteiger partial charge in [0.05, 0.1) is 17.4 Å². The Hall–Kier alpha value is -1.43. The number of nitrogens with one attached hydrogen (secondary N) is 1. The van der Waals surface area contributed by atoms with E-state index < -0.39 is 0 Å². The predicted octanol–water partition coefficient (Wildman–Crippen LogP) is 0.778. The molecule has 0 spiro atoms. The van der Waals surface area contributed by atoms with E-state index in [-0.39, 0.29) is 11.4 Å². The third-order valence-corrected chi connectivity index (χ3v) is 2.56. The lowest BCUT2D eigenvalue weighted by Crippen LogP contribution is -2.22. The number of aromatic nitrogens is 3. The zero-order valence-corrected chi connectivity index (χ0v) is 11.4. The zero-order valence-electron chi connectivity index (χ0n) is 11.4. The summed E-state index contributed by atoms with van der Waals surface area (Å²) < 4.78 is 1.86. The minimum atomic E-state index is -0.233. The Labute approximate surface area is 108 Å². The summed E-state index contributed by atoms with van der Waals surface area (Å²) >= 11 is 0. The molecule has 0 fully saturated rings. The van der Waals surface area contributed by atoms with Gasteiger partial charge < -0.3 is 11.1 Å². The van der Waals surface area contributed by atoms with Crippen LogP contribution in [0.25, 0.3) is 0 Å². The van der Waals surface area contributed by atoms with E-state index in [1.807, 2.05) is 10.9 Å². The van der Waals surface area contributed by atoms with Crippen LogP contribution in [0.5, 0.6) is 0 Å². The minimum Gasteiger partial charge on any atom is -0.370 e. The molecule has 0 aliphatic rings. The second-order valence-corrected chi connectivity index (χ2v) is 5.43. The third-order valence-electron chi connectivity index (χ3n) is 2.56. The Morgan fingerprint density at radius 1 is 1.44 bits per heavy atom. The van der Waals surface area contributed by atoms with Crippen molar-refractivity contribution >= 4 is 5.91 Å². The molecule has 3 N–H and O–H groups in total. The number of unbranched alkanes of at least 4 members (excludes halogenated alkanes) is 1. The highest BCUT2D eigenvalue weighted by molar-refractivity contribution is 5.73. The third kappa shape index (κ3) is 5.27. The Balaban J connectivity index is 2.20. The fraction of sp³-hybridized carbons (Fsp3) is 0.750. The molecule has 1 aromatic rings. The molecule has 6 heteroatoms. The molecule has 0 atom stereocenters. The minimum absolute atomic E-state index is 0.0350. The molecule has 0 saturated heterocycles. The molecule has 1 heterocycles. The molecule has 18 heavy (non-hydrogen) atoms. The van der Waals surface area contributed by atoms with Crippen LogP contribution < -0.4 is 11.1 Å². The van der Waals surface area contributed by atoms with Crippen molar-refractivity contribution in [2.24, 2.45) is 5.73 Å². The van der Waals surface area contributed by atoms with E-state index in [0.717, 1.165) is 25.1 Å². The number of carbonyl (C=O) groups is 1. The van der Waals surface area contributed by atoms with Gasteiger partial charge in [-0.2, -0.15) is 0 Å². The van der Waals surface area contributed by atoms with Crippen molar-refractivity contribution in [3.63, 3.8) is 0 Å². The average Bonchev–Trinajstić information content (AvgIpc) is 2.71. The highest BCUT2D eigenvalue weighted by Crippen LogP contribution is 2.11. The molecule has 1 amide bonds. The number of primary amides is 1. The first-order chi connectivity index (χ1) is 8.39. The maximum atomic E-state index is 10.5. The predicted molar refractivity (Wildman–Crippen MR) is 69.8 cm³/mol. The van der Waals surface area contributed by atoms with Crippen LogP contribution in [-0.2, 0) is 16.9 Å². The summed E-state index contributed by atoms with van der Waals surface area (Å²) in [7, 11) is 0. The Morgan fingerprint density at radius 3 is 2.72 bits per heavy atom. The summed E-state index contributed by atoms with van der Waals surface area (Å²) in [5.74, 6) is -0.233. The van der Waals surface area contributed by atoms with Gasteiger partial charge in [-0.25, -0.2) is 4.68 Å². The van der Waals surface area contributed by atoms with Crippen molar-refractivity contribution < 1.29 is 4.79 Å². The first kappa shape index (κ1) is 14.6. The van der Waals surface area contributed by atoms with Crippen molar-refractivity contribution in [3.8, 4) is 0 Å². The molecule has 1 rings (SSSR count). The van der Waals surface area contributed by atoms with Gasteiger partial charge >= 0.3 is 0 Å². The van der Waals surface area contributed by atoms with Crippen LogP contribution in [0.4, 0.5) is 0 Å². The lowest BCUT2D eigenvalue weighted by atomic mass is 10.1. The van der Waals surface area contributed by atoms with Gasteiger partial charge in [-0.05, 0) is 40.2 Å². The summed E-state index contributed by atoms with van der Waals surface area (Å²) in [4.78, 5) is 10.5. The summed E-state index contributed by atoms with van der Waals surface area (Å²) in [6.45, 7) is 7.82. The summed E-state index contributed by atoms with van der Waals surface area (Å²) in [6, 6.07) is 0. The second kappa shape index (κ2) is 6.49. The topological polar surface area (TPSA) is 85.8 Å². The Bertz CT molecular complexity index is 380. The van der Waals surface area contributed by atoms with Crippen molar-refractivity contribution in [3.05, 3.63) is 11.9 Å². The largest absolute Gasteiger partial charge is 0.370 e. The standard InChI is InChI=1S/C12H23N5O/c1-12(2,3)17-9-10(15-16-17)8-14-7-5-4-6-11(13)18/h9,14H,4-8H2,1-3H3,(H2,13,18). The van der Waals surface area contributed by atoms with Crippen LogP contribution in [0.15, 0.2) is 6.20 Å². The van der Waals surface area contributed by atoms with Crippen LogP contribution in [0.1, 0.15) is 45.7 Å². The molecule has 6 nitrogen and oxygen atoms in total. The summed E-state index contributed by atoms with van der Waals surface area (Å²) in [6.07, 6.45) is 4.19. The van der Waals surface area contributed by atoms with Gasteiger partial charge in [0.2, 0.25) is 5.91 Å². The first-order valence-electron chi connectivity index (χ1n) is 6.30. The van der Waals surface area contributed by atoms with Gasteiger partial charge in [-0.1, -0.05) is 5.21 Å². The molecule has 0 saturated carbocycles. The number of amides is 1. The molecular weight excluding hydrogens is 230 g/mol. The van der Waals surface area contributed by atoms with Crippen molar-refractivity contribution in [2.45, 2.75) is 52.1 Å². The lowest BCUT2D eigenvalue weighted by molar-refractivity contribution is -0.118. The van der Waals surface area contributed by atoms with Crippen LogP contribution in [0.3, 0.4) is 0 Å². The number of nitrogens with two attached hydrogens (primary N) is 1. The fourth-order valence-corrected chi connectivity index (χ4v) is 1.47. The maximum absolute atomic E-state index is 10.5. The number of nitrogens with zero attached hydrogens (tertiary/aromatic N) is 3. The Morgan fingerprint density at radius 2 is 2.17 bits per heavy atom. The molecule has 1 aromatic heterocycles. The normalized spacial score (nSPS) is 11.7. The quantitative estimate of drug-likeness (QED) is 0.703. The second-order valence-electron chi connectivity index (χ2n) is 5.43. The SMILES string of the molecule is CC(C)(C)n1cc(CNCCCCC(N)=O)nn1. The fourth-order valence-electron chi connectivity index (χ4n) is 1.47. The van der Waals surface area contributed by atoms with Gasteiger partial charge in [0.25, 0.3) is 0 Å². The maximum Gasteiger partial charge on any atom is 0.217 e. The molecular formula is C12H23N5O. The van der Waals surface area contributed by atoms with Gasteiger partial charge in [-0.3, -0.25) is 4.79 Å². The smallest absolute Gasteiger partial charge is 0.217 e. The number of hydrogen-bond donors (Lipinski definition) is 2. The molecule has 0 aliphatic carbocycles. The van der Waals surface area contributed by atoms with Crippen LogP contribution in [0.2, 0.25) is 0 Å². The van der Waals surface area contributed by atoms with Crippen LogP contribution >= 0.6 is 0 Å². The Kier molecular flexibility index (Phi) is 5.27.